The number of rotatable bonds is 6. The van der Waals surface area contributed by atoms with Gasteiger partial charge in [0.15, 0.2) is 0 Å². The second-order valence-electron chi connectivity index (χ2n) is 4.64. The molecular formula is C16H19N3O2. The Morgan fingerprint density at radius 2 is 1.62 bits per heavy atom. The Bertz CT molecular complexity index is 575. The molecule has 0 aliphatic rings. The first kappa shape index (κ1) is 14.9. The highest BCUT2D eigenvalue weighted by Crippen LogP contribution is 2.28. The molecule has 0 fully saturated rings. The standard InChI is InChI=1S/C16H19N3O2/c17-12-11-16(19-15(18)20,13-7-3-1-4-8-13)21-14-9-5-2-6-10-14/h1-10H,11-12,17H2,(H3,18,19,20). The average Bonchev–Trinajstić information content (AvgIpc) is 2.49. The molecule has 0 spiro atoms. The highest BCUT2D eigenvalue weighted by molar-refractivity contribution is 5.72. The van der Waals surface area contributed by atoms with Gasteiger partial charge in [0.2, 0.25) is 5.72 Å². The van der Waals surface area contributed by atoms with Crippen LogP contribution in [-0.4, -0.2) is 12.6 Å². The van der Waals surface area contributed by atoms with Gasteiger partial charge < -0.3 is 16.2 Å². The van der Waals surface area contributed by atoms with Crippen molar-refractivity contribution in [2.24, 2.45) is 11.5 Å². The Morgan fingerprint density at radius 1 is 1.05 bits per heavy atom. The van der Waals surface area contributed by atoms with E-state index in [0.29, 0.717) is 18.7 Å². The monoisotopic (exact) mass is 285 g/mol. The van der Waals surface area contributed by atoms with Crippen LogP contribution in [0.3, 0.4) is 0 Å². The van der Waals surface area contributed by atoms with Crippen LogP contribution in [-0.2, 0) is 5.72 Å². The van der Waals surface area contributed by atoms with Crippen LogP contribution in [0.1, 0.15) is 12.0 Å². The van der Waals surface area contributed by atoms with Gasteiger partial charge >= 0.3 is 6.03 Å². The number of nitrogens with one attached hydrogen (secondary N) is 1. The van der Waals surface area contributed by atoms with Gasteiger partial charge in [0.05, 0.1) is 0 Å². The van der Waals surface area contributed by atoms with E-state index in [2.05, 4.69) is 5.32 Å². The van der Waals surface area contributed by atoms with Crippen molar-refractivity contribution in [1.29, 1.82) is 0 Å². The van der Waals surface area contributed by atoms with Crippen molar-refractivity contribution >= 4 is 6.03 Å². The number of benzene rings is 2. The molecule has 21 heavy (non-hydrogen) atoms. The van der Waals surface area contributed by atoms with Crippen LogP contribution in [0.25, 0.3) is 0 Å². The third kappa shape index (κ3) is 3.73. The predicted molar refractivity (Wildman–Crippen MR) is 81.6 cm³/mol. The lowest BCUT2D eigenvalue weighted by Crippen LogP contribution is -2.53. The number of hydrogen-bond acceptors (Lipinski definition) is 3. The maximum absolute atomic E-state index is 11.4. The molecule has 2 amide bonds. The molecule has 0 saturated heterocycles. The second kappa shape index (κ2) is 6.76. The average molecular weight is 285 g/mol. The summed E-state index contributed by atoms with van der Waals surface area (Å²) in [6.07, 6.45) is 0.398. The fourth-order valence-electron chi connectivity index (χ4n) is 2.21. The first-order valence-electron chi connectivity index (χ1n) is 6.73. The topological polar surface area (TPSA) is 90.4 Å². The zero-order chi connectivity index (χ0) is 15.1. The number of carbonyl (C=O) groups is 1. The molecule has 5 N–H and O–H groups in total. The highest BCUT2D eigenvalue weighted by atomic mass is 16.5. The molecule has 0 aliphatic heterocycles. The summed E-state index contributed by atoms with van der Waals surface area (Å²) in [6, 6.07) is 18.0. The summed E-state index contributed by atoms with van der Waals surface area (Å²) in [7, 11) is 0. The molecule has 5 heteroatoms. The number of carbonyl (C=O) groups excluding carboxylic acids is 1. The van der Waals surface area contributed by atoms with E-state index in [-0.39, 0.29) is 0 Å². The van der Waals surface area contributed by atoms with Crippen molar-refractivity contribution in [3.8, 4) is 5.75 Å². The Balaban J connectivity index is 2.42. The normalized spacial score (nSPS) is 13.2. The summed E-state index contributed by atoms with van der Waals surface area (Å²) >= 11 is 0. The fourth-order valence-corrected chi connectivity index (χ4v) is 2.21. The summed E-state index contributed by atoms with van der Waals surface area (Å²) in [6.45, 7) is 0.335. The van der Waals surface area contributed by atoms with Crippen molar-refractivity contribution in [2.45, 2.75) is 12.1 Å². The lowest BCUT2D eigenvalue weighted by molar-refractivity contribution is 0.0348. The first-order valence-corrected chi connectivity index (χ1v) is 6.73. The summed E-state index contributed by atoms with van der Waals surface area (Å²) in [4.78, 5) is 11.4. The molecular weight excluding hydrogens is 266 g/mol. The largest absolute Gasteiger partial charge is 0.464 e. The van der Waals surface area contributed by atoms with E-state index in [9.17, 15) is 4.79 Å². The zero-order valence-corrected chi connectivity index (χ0v) is 11.7. The molecule has 0 heterocycles. The number of primary amides is 1. The molecule has 0 saturated carbocycles. The lowest BCUT2D eigenvalue weighted by atomic mass is 9.98. The van der Waals surface area contributed by atoms with Crippen LogP contribution >= 0.6 is 0 Å². The third-order valence-corrected chi connectivity index (χ3v) is 3.10. The third-order valence-electron chi connectivity index (χ3n) is 3.10. The van der Waals surface area contributed by atoms with E-state index < -0.39 is 11.8 Å². The Hall–Kier alpha value is -2.53. The van der Waals surface area contributed by atoms with Crippen LogP contribution in [0.15, 0.2) is 60.7 Å². The van der Waals surface area contributed by atoms with E-state index in [1.54, 1.807) is 0 Å². The maximum atomic E-state index is 11.4. The van der Waals surface area contributed by atoms with Gasteiger partial charge in [-0.15, -0.1) is 0 Å². The fraction of sp³-hybridized carbons (Fsp3) is 0.188. The van der Waals surface area contributed by atoms with Crippen LogP contribution in [0.4, 0.5) is 4.79 Å². The zero-order valence-electron chi connectivity index (χ0n) is 11.7. The van der Waals surface area contributed by atoms with E-state index in [1.165, 1.54) is 0 Å². The number of ether oxygens (including phenoxy) is 1. The van der Waals surface area contributed by atoms with Crippen molar-refractivity contribution in [1.82, 2.24) is 5.32 Å². The minimum absolute atomic E-state index is 0.335. The molecule has 2 aromatic carbocycles. The Kier molecular flexibility index (Phi) is 4.79. The van der Waals surface area contributed by atoms with Gasteiger partial charge in [-0.05, 0) is 18.7 Å². The van der Waals surface area contributed by atoms with Gasteiger partial charge in [-0.3, -0.25) is 5.32 Å². The molecule has 110 valence electrons. The predicted octanol–water partition coefficient (Wildman–Crippen LogP) is 1.94. The van der Waals surface area contributed by atoms with Crippen LogP contribution in [0, 0.1) is 0 Å². The quantitative estimate of drug-likeness (QED) is 0.708. The molecule has 2 rings (SSSR count). The van der Waals surface area contributed by atoms with Gasteiger partial charge in [0.25, 0.3) is 0 Å². The van der Waals surface area contributed by atoms with Crippen molar-refractivity contribution in [3.05, 3.63) is 66.2 Å². The molecule has 5 nitrogen and oxygen atoms in total. The van der Waals surface area contributed by atoms with E-state index >= 15 is 0 Å². The minimum atomic E-state index is -1.08. The summed E-state index contributed by atoms with van der Waals surface area (Å²) < 4.78 is 6.05. The number of nitrogens with two attached hydrogens (primary N) is 2. The van der Waals surface area contributed by atoms with Crippen molar-refractivity contribution in [2.75, 3.05) is 6.54 Å². The van der Waals surface area contributed by atoms with Crippen molar-refractivity contribution < 1.29 is 9.53 Å². The molecule has 0 radical (unpaired) electrons. The second-order valence-corrected chi connectivity index (χ2v) is 4.64. The summed E-state index contributed by atoms with van der Waals surface area (Å²) in [5.41, 5.74) is 10.7. The van der Waals surface area contributed by atoms with Crippen LogP contribution in [0.2, 0.25) is 0 Å². The van der Waals surface area contributed by atoms with Gasteiger partial charge in [-0.1, -0.05) is 48.5 Å². The maximum Gasteiger partial charge on any atom is 0.315 e. The lowest BCUT2D eigenvalue weighted by Gasteiger charge is -2.35. The number of amides is 2. The molecule has 2 aromatic rings. The first-order chi connectivity index (χ1) is 10.2. The van der Waals surface area contributed by atoms with Gasteiger partial charge in [-0.2, -0.15) is 0 Å². The minimum Gasteiger partial charge on any atom is -0.464 e. The molecule has 1 atom stereocenters. The molecule has 0 aromatic heterocycles. The van der Waals surface area contributed by atoms with Crippen LogP contribution < -0.4 is 21.5 Å². The highest BCUT2D eigenvalue weighted by Gasteiger charge is 2.35. The number of hydrogen-bond donors (Lipinski definition) is 3. The van der Waals surface area contributed by atoms with Gasteiger partial charge in [-0.25, -0.2) is 4.79 Å². The summed E-state index contributed by atoms with van der Waals surface area (Å²) in [5.74, 6) is 0.628. The van der Waals surface area contributed by atoms with E-state index in [0.717, 1.165) is 5.56 Å². The summed E-state index contributed by atoms with van der Waals surface area (Å²) in [5, 5.41) is 2.70. The number of urea groups is 1. The molecule has 0 aliphatic carbocycles. The van der Waals surface area contributed by atoms with E-state index in [1.807, 2.05) is 60.7 Å². The van der Waals surface area contributed by atoms with Crippen LogP contribution in [0.5, 0.6) is 5.75 Å². The Morgan fingerprint density at radius 3 is 2.14 bits per heavy atom. The SMILES string of the molecule is NCCC(NC(N)=O)(Oc1ccccc1)c1ccccc1. The smallest absolute Gasteiger partial charge is 0.315 e. The van der Waals surface area contributed by atoms with Gasteiger partial charge in [0.1, 0.15) is 5.75 Å². The number of para-hydroxylation sites is 1. The van der Waals surface area contributed by atoms with Crippen molar-refractivity contribution in [3.63, 3.8) is 0 Å². The Labute approximate surface area is 123 Å². The van der Waals surface area contributed by atoms with Gasteiger partial charge in [0, 0.05) is 12.0 Å². The van der Waals surface area contributed by atoms with E-state index in [4.69, 9.17) is 16.2 Å². The molecule has 1 unspecified atom stereocenters. The molecule has 0 bridgehead atoms.